The number of nitrogens with two attached hydrogens (primary N) is 1. The van der Waals surface area contributed by atoms with Crippen LogP contribution in [-0.2, 0) is 0 Å². The minimum atomic E-state index is -1.02. The van der Waals surface area contributed by atoms with Crippen LogP contribution in [0.3, 0.4) is 0 Å². The maximum atomic E-state index is 12.9. The van der Waals surface area contributed by atoms with Gasteiger partial charge in [0.2, 0.25) is 0 Å². The first-order valence-electron chi connectivity index (χ1n) is 10.7. The third-order valence-electron chi connectivity index (χ3n) is 5.12. The summed E-state index contributed by atoms with van der Waals surface area (Å²) in [6, 6.07) is 14.4. The molecule has 2 aromatic carbocycles. The summed E-state index contributed by atoms with van der Waals surface area (Å²) in [5, 5.41) is 9.00. The summed E-state index contributed by atoms with van der Waals surface area (Å²) in [6.45, 7) is 4.47. The van der Waals surface area contributed by atoms with Crippen molar-refractivity contribution in [1.82, 2.24) is 9.88 Å². The van der Waals surface area contributed by atoms with Crippen LogP contribution in [0.2, 0.25) is 0 Å². The average molecular weight is 438 g/mol. The molecule has 0 atom stereocenters. The van der Waals surface area contributed by atoms with Crippen LogP contribution in [0.1, 0.15) is 29.6 Å². The van der Waals surface area contributed by atoms with Gasteiger partial charge >= 0.3 is 5.97 Å². The maximum Gasteiger partial charge on any atom is 0.337 e. The zero-order valence-electron chi connectivity index (χ0n) is 17.9. The molecule has 0 aliphatic carbocycles. The number of piperidine rings is 1. The summed E-state index contributed by atoms with van der Waals surface area (Å²) < 4.78 is 18.5. The molecule has 0 saturated carbocycles. The predicted molar refractivity (Wildman–Crippen MR) is 122 cm³/mol. The van der Waals surface area contributed by atoms with E-state index in [0.717, 1.165) is 18.7 Å². The van der Waals surface area contributed by atoms with E-state index in [1.165, 1.54) is 50.7 Å². The second-order valence-electron chi connectivity index (χ2n) is 7.54. The number of likely N-dealkylation sites (tertiary alicyclic amines) is 1. The second kappa shape index (κ2) is 11.9. The third kappa shape index (κ3) is 7.14. The van der Waals surface area contributed by atoms with Gasteiger partial charge in [-0.3, -0.25) is 4.98 Å². The Morgan fingerprint density at radius 1 is 0.969 bits per heavy atom. The van der Waals surface area contributed by atoms with Gasteiger partial charge in [0, 0.05) is 31.0 Å². The van der Waals surface area contributed by atoms with E-state index >= 15 is 0 Å². The topological polar surface area (TPSA) is 88.7 Å². The molecule has 32 heavy (non-hydrogen) atoms. The molecule has 0 radical (unpaired) electrons. The number of ether oxygens (including phenoxy) is 1. The summed E-state index contributed by atoms with van der Waals surface area (Å²) in [6.07, 6.45) is 7.07. The highest BCUT2D eigenvalue weighted by atomic mass is 19.1. The van der Waals surface area contributed by atoms with Crippen LogP contribution in [0.4, 0.5) is 4.39 Å². The Balaban J connectivity index is 0.000000269. The lowest BCUT2D eigenvalue weighted by molar-refractivity contribution is 0.0696. The molecule has 1 aliphatic heterocycles. The lowest BCUT2D eigenvalue weighted by Gasteiger charge is -2.25. The van der Waals surface area contributed by atoms with Crippen molar-refractivity contribution in [2.24, 2.45) is 5.73 Å². The maximum absolute atomic E-state index is 12.9. The van der Waals surface area contributed by atoms with Crippen LogP contribution in [0.25, 0.3) is 11.1 Å². The van der Waals surface area contributed by atoms with E-state index in [1.807, 2.05) is 12.1 Å². The fraction of sp³-hybridized carbons (Fsp3) is 0.280. The Kier molecular flexibility index (Phi) is 8.71. The van der Waals surface area contributed by atoms with Gasteiger partial charge < -0.3 is 20.5 Å². The van der Waals surface area contributed by atoms with Crippen LogP contribution < -0.4 is 10.5 Å². The zero-order chi connectivity index (χ0) is 22.8. The highest BCUT2D eigenvalue weighted by Gasteiger charge is 2.08. The Hall–Kier alpha value is -3.29. The van der Waals surface area contributed by atoms with E-state index in [1.54, 1.807) is 36.5 Å². The van der Waals surface area contributed by atoms with Crippen molar-refractivity contribution >= 4 is 5.97 Å². The Labute approximate surface area is 187 Å². The molecule has 0 bridgehead atoms. The highest BCUT2D eigenvalue weighted by Crippen LogP contribution is 2.26. The first kappa shape index (κ1) is 23.4. The van der Waals surface area contributed by atoms with Crippen molar-refractivity contribution in [3.05, 3.63) is 78.4 Å². The highest BCUT2D eigenvalue weighted by molar-refractivity contribution is 5.88. The zero-order valence-corrected chi connectivity index (χ0v) is 17.9. The largest absolute Gasteiger partial charge is 0.478 e. The predicted octanol–water partition coefficient (Wildman–Crippen LogP) is 4.81. The second-order valence-corrected chi connectivity index (χ2v) is 7.54. The lowest BCUT2D eigenvalue weighted by atomic mass is 10.1. The van der Waals surface area contributed by atoms with Gasteiger partial charge in [-0.1, -0.05) is 18.6 Å². The molecule has 0 amide bonds. The van der Waals surface area contributed by atoms with Crippen molar-refractivity contribution in [3.63, 3.8) is 0 Å². The van der Waals surface area contributed by atoms with E-state index < -0.39 is 5.97 Å². The molecule has 7 heteroatoms. The molecule has 2 heterocycles. The van der Waals surface area contributed by atoms with Crippen LogP contribution in [0.15, 0.2) is 67.0 Å². The summed E-state index contributed by atoms with van der Waals surface area (Å²) in [4.78, 5) is 17.4. The molecule has 1 saturated heterocycles. The van der Waals surface area contributed by atoms with Crippen molar-refractivity contribution in [2.45, 2.75) is 19.3 Å². The molecule has 0 spiro atoms. The van der Waals surface area contributed by atoms with Gasteiger partial charge in [-0.05, 0) is 74.0 Å². The minimum Gasteiger partial charge on any atom is -0.478 e. The molecule has 6 nitrogen and oxygen atoms in total. The van der Waals surface area contributed by atoms with Gasteiger partial charge in [0.15, 0.2) is 0 Å². The number of hydrogen-bond donors (Lipinski definition) is 2. The standard InChI is InChI=1S/C18H12FNO3.C7H16N2/c19-15-3-7-17(8-4-15)23-16-5-1-12(2-6-16)13-9-14(18(21)22)11-20-10-13;8-4-7-9-5-2-1-3-6-9/h1-11H,(H,21,22);1-8H2. The van der Waals surface area contributed by atoms with Crippen LogP contribution >= 0.6 is 0 Å². The molecule has 4 rings (SSSR count). The minimum absolute atomic E-state index is 0.133. The number of benzene rings is 2. The average Bonchev–Trinajstić information content (AvgIpc) is 2.82. The summed E-state index contributed by atoms with van der Waals surface area (Å²) in [7, 11) is 0. The number of carbonyl (C=O) groups is 1. The number of halogens is 1. The van der Waals surface area contributed by atoms with E-state index in [9.17, 15) is 9.18 Å². The number of aromatic carboxylic acids is 1. The first-order chi connectivity index (χ1) is 15.5. The summed E-state index contributed by atoms with van der Waals surface area (Å²) in [5.41, 5.74) is 7.08. The van der Waals surface area contributed by atoms with Gasteiger partial charge in [-0.15, -0.1) is 0 Å². The lowest BCUT2D eigenvalue weighted by Crippen LogP contribution is -2.33. The van der Waals surface area contributed by atoms with Crippen molar-refractivity contribution in [2.75, 3.05) is 26.2 Å². The van der Waals surface area contributed by atoms with Gasteiger partial charge in [-0.25, -0.2) is 9.18 Å². The van der Waals surface area contributed by atoms with Crippen LogP contribution in [0.5, 0.6) is 11.5 Å². The van der Waals surface area contributed by atoms with E-state index in [4.69, 9.17) is 15.6 Å². The molecule has 168 valence electrons. The summed E-state index contributed by atoms with van der Waals surface area (Å²) >= 11 is 0. The van der Waals surface area contributed by atoms with E-state index in [0.29, 0.717) is 17.1 Å². The van der Waals surface area contributed by atoms with Crippen molar-refractivity contribution in [3.8, 4) is 22.6 Å². The van der Waals surface area contributed by atoms with Gasteiger partial charge in [0.25, 0.3) is 0 Å². The number of pyridine rings is 1. The Morgan fingerprint density at radius 3 is 2.19 bits per heavy atom. The number of carboxylic acid groups (broad SMARTS) is 1. The number of aromatic nitrogens is 1. The van der Waals surface area contributed by atoms with Gasteiger partial charge in [0.1, 0.15) is 17.3 Å². The monoisotopic (exact) mass is 437 g/mol. The molecule has 1 aliphatic rings. The Morgan fingerprint density at radius 2 is 1.59 bits per heavy atom. The molecule has 3 aromatic rings. The van der Waals surface area contributed by atoms with Gasteiger partial charge in [0.05, 0.1) is 5.56 Å². The quantitative estimate of drug-likeness (QED) is 0.575. The fourth-order valence-corrected chi connectivity index (χ4v) is 3.43. The SMILES string of the molecule is NCCN1CCCCC1.O=C(O)c1cncc(-c2ccc(Oc3ccc(F)cc3)cc2)c1. The molecular formula is C25H28FN3O3. The molecule has 1 fully saturated rings. The summed E-state index contributed by atoms with van der Waals surface area (Å²) in [5.74, 6) is -0.203. The van der Waals surface area contributed by atoms with Crippen LogP contribution in [-0.4, -0.2) is 47.1 Å². The van der Waals surface area contributed by atoms with Crippen molar-refractivity contribution < 1.29 is 19.0 Å². The molecule has 1 aromatic heterocycles. The van der Waals surface area contributed by atoms with Crippen LogP contribution in [0, 0.1) is 5.82 Å². The van der Waals surface area contributed by atoms with E-state index in [2.05, 4.69) is 9.88 Å². The smallest absolute Gasteiger partial charge is 0.337 e. The first-order valence-corrected chi connectivity index (χ1v) is 10.7. The molecule has 0 unspecified atom stereocenters. The number of hydrogen-bond acceptors (Lipinski definition) is 5. The normalized spacial score (nSPS) is 13.7. The molecular weight excluding hydrogens is 409 g/mol. The number of nitrogens with zero attached hydrogens (tertiary/aromatic N) is 2. The number of carboxylic acids is 1. The van der Waals surface area contributed by atoms with Gasteiger partial charge in [-0.2, -0.15) is 0 Å². The van der Waals surface area contributed by atoms with E-state index in [-0.39, 0.29) is 11.4 Å². The molecule has 3 N–H and O–H groups in total. The Bertz CT molecular complexity index is 985. The van der Waals surface area contributed by atoms with Crippen molar-refractivity contribution in [1.29, 1.82) is 0 Å². The fourth-order valence-electron chi connectivity index (χ4n) is 3.43. The number of rotatable bonds is 6. The third-order valence-corrected chi connectivity index (χ3v) is 5.12.